The van der Waals surface area contributed by atoms with Crippen molar-refractivity contribution < 1.29 is 4.21 Å². The van der Waals surface area contributed by atoms with E-state index in [0.29, 0.717) is 9.47 Å². The van der Waals surface area contributed by atoms with Crippen LogP contribution in [0.2, 0.25) is 0 Å². The normalized spacial score (nSPS) is 12.3. The van der Waals surface area contributed by atoms with Gasteiger partial charge in [-0.3, -0.25) is 4.21 Å². The summed E-state index contributed by atoms with van der Waals surface area (Å²) in [5, 5.41) is 11.5. The van der Waals surface area contributed by atoms with Gasteiger partial charge in [0.2, 0.25) is 9.47 Å². The standard InChI is InChI=1S/C9H9N3OS2/c1-15(13)9-12-11-8(14-9)10-7-5-3-2-4-6-7/h2-6H,1H3,(H,10,11). The molecule has 1 aromatic carbocycles. The van der Waals surface area contributed by atoms with Crippen LogP contribution < -0.4 is 5.32 Å². The summed E-state index contributed by atoms with van der Waals surface area (Å²) in [6, 6.07) is 9.68. The molecule has 1 unspecified atom stereocenters. The second kappa shape index (κ2) is 4.50. The Labute approximate surface area is 93.8 Å². The van der Waals surface area contributed by atoms with E-state index >= 15 is 0 Å². The van der Waals surface area contributed by atoms with Crippen LogP contribution in [0.25, 0.3) is 0 Å². The molecular formula is C9H9N3OS2. The maximum Gasteiger partial charge on any atom is 0.210 e. The van der Waals surface area contributed by atoms with Gasteiger partial charge in [0.25, 0.3) is 0 Å². The lowest BCUT2D eigenvalue weighted by Gasteiger charge is -1.99. The maximum absolute atomic E-state index is 11.1. The molecule has 1 aromatic heterocycles. The topological polar surface area (TPSA) is 54.9 Å². The van der Waals surface area contributed by atoms with Crippen LogP contribution in [0.4, 0.5) is 10.8 Å². The molecule has 0 saturated carbocycles. The second-order valence-corrected chi connectivity index (χ2v) is 5.35. The zero-order valence-electron chi connectivity index (χ0n) is 8.01. The van der Waals surface area contributed by atoms with Gasteiger partial charge < -0.3 is 5.32 Å². The highest BCUT2D eigenvalue weighted by atomic mass is 32.2. The smallest absolute Gasteiger partial charge is 0.210 e. The minimum Gasteiger partial charge on any atom is -0.330 e. The van der Waals surface area contributed by atoms with E-state index in [0.717, 1.165) is 5.69 Å². The number of benzene rings is 1. The van der Waals surface area contributed by atoms with Crippen molar-refractivity contribution >= 4 is 33.0 Å². The summed E-state index contributed by atoms with van der Waals surface area (Å²) >= 11 is 1.30. The number of hydrogen-bond acceptors (Lipinski definition) is 5. The van der Waals surface area contributed by atoms with Crippen molar-refractivity contribution in [2.75, 3.05) is 11.6 Å². The zero-order chi connectivity index (χ0) is 10.7. The van der Waals surface area contributed by atoms with Crippen LogP contribution in [0, 0.1) is 0 Å². The van der Waals surface area contributed by atoms with Crippen molar-refractivity contribution in [3.8, 4) is 0 Å². The lowest BCUT2D eigenvalue weighted by Crippen LogP contribution is -1.88. The average Bonchev–Trinajstić information content (AvgIpc) is 2.68. The maximum atomic E-state index is 11.1. The third-order valence-corrected chi connectivity index (χ3v) is 3.84. The molecule has 0 amide bonds. The predicted molar refractivity (Wildman–Crippen MR) is 62.0 cm³/mol. The average molecular weight is 239 g/mol. The van der Waals surface area contributed by atoms with Crippen LogP contribution in [0.3, 0.4) is 0 Å². The first kappa shape index (κ1) is 10.3. The quantitative estimate of drug-likeness (QED) is 0.890. The highest BCUT2D eigenvalue weighted by molar-refractivity contribution is 7.86. The highest BCUT2D eigenvalue weighted by Gasteiger charge is 2.06. The van der Waals surface area contributed by atoms with Crippen molar-refractivity contribution in [1.82, 2.24) is 10.2 Å². The molecule has 0 spiro atoms. The van der Waals surface area contributed by atoms with E-state index in [9.17, 15) is 4.21 Å². The fourth-order valence-corrected chi connectivity index (χ4v) is 2.38. The molecule has 1 atom stereocenters. The van der Waals surface area contributed by atoms with Crippen molar-refractivity contribution in [1.29, 1.82) is 0 Å². The monoisotopic (exact) mass is 239 g/mol. The Morgan fingerprint density at radius 1 is 1.27 bits per heavy atom. The molecule has 2 aromatic rings. The SMILES string of the molecule is CS(=O)c1nnc(Nc2ccccc2)s1. The molecule has 15 heavy (non-hydrogen) atoms. The van der Waals surface area contributed by atoms with Crippen LogP contribution in [0.5, 0.6) is 0 Å². The van der Waals surface area contributed by atoms with Crippen LogP contribution in [0.15, 0.2) is 34.7 Å². The van der Waals surface area contributed by atoms with E-state index in [-0.39, 0.29) is 0 Å². The van der Waals surface area contributed by atoms with Gasteiger partial charge in [-0.1, -0.05) is 29.5 Å². The van der Waals surface area contributed by atoms with Crippen LogP contribution >= 0.6 is 11.3 Å². The molecule has 0 saturated heterocycles. The van der Waals surface area contributed by atoms with E-state index < -0.39 is 10.8 Å². The second-order valence-electron chi connectivity index (χ2n) is 2.82. The molecule has 2 rings (SSSR count). The number of anilines is 2. The molecule has 1 heterocycles. The number of para-hydroxylation sites is 1. The van der Waals surface area contributed by atoms with Crippen molar-refractivity contribution in [2.24, 2.45) is 0 Å². The van der Waals surface area contributed by atoms with Crippen LogP contribution in [-0.4, -0.2) is 20.7 Å². The van der Waals surface area contributed by atoms with Crippen LogP contribution in [0.1, 0.15) is 0 Å². The molecule has 0 fully saturated rings. The Morgan fingerprint density at radius 3 is 2.60 bits per heavy atom. The molecule has 0 radical (unpaired) electrons. The Kier molecular flexibility index (Phi) is 3.08. The Morgan fingerprint density at radius 2 is 2.00 bits per heavy atom. The van der Waals surface area contributed by atoms with Crippen LogP contribution in [-0.2, 0) is 10.8 Å². The van der Waals surface area contributed by atoms with Gasteiger partial charge in [-0.15, -0.1) is 10.2 Å². The summed E-state index contributed by atoms with van der Waals surface area (Å²) in [6.45, 7) is 0. The minimum absolute atomic E-state index is 0.536. The first-order chi connectivity index (χ1) is 7.25. The predicted octanol–water partition coefficient (Wildman–Crippen LogP) is 2.02. The number of hydrogen-bond donors (Lipinski definition) is 1. The molecule has 0 bridgehead atoms. The summed E-state index contributed by atoms with van der Waals surface area (Å²) in [7, 11) is -1.06. The van der Waals surface area contributed by atoms with Gasteiger partial charge in [0.15, 0.2) is 0 Å². The molecule has 0 aliphatic heterocycles. The lowest BCUT2D eigenvalue weighted by atomic mass is 10.3. The van der Waals surface area contributed by atoms with Gasteiger partial charge in [-0.2, -0.15) is 0 Å². The highest BCUT2D eigenvalue weighted by Crippen LogP contribution is 2.21. The van der Waals surface area contributed by atoms with Gasteiger partial charge in [0.05, 0.1) is 10.8 Å². The summed E-state index contributed by atoms with van der Waals surface area (Å²) in [6.07, 6.45) is 1.59. The molecular weight excluding hydrogens is 230 g/mol. The van der Waals surface area contributed by atoms with E-state index in [1.165, 1.54) is 11.3 Å². The largest absolute Gasteiger partial charge is 0.330 e. The third kappa shape index (κ3) is 2.60. The van der Waals surface area contributed by atoms with E-state index in [1.807, 2.05) is 30.3 Å². The molecule has 6 heteroatoms. The Bertz CT molecular complexity index is 469. The minimum atomic E-state index is -1.06. The van der Waals surface area contributed by atoms with E-state index in [4.69, 9.17) is 0 Å². The molecule has 4 nitrogen and oxygen atoms in total. The summed E-state index contributed by atoms with van der Waals surface area (Å²) in [5.74, 6) is 0. The fourth-order valence-electron chi connectivity index (χ4n) is 1.02. The first-order valence-corrected chi connectivity index (χ1v) is 6.62. The number of nitrogens with zero attached hydrogens (tertiary/aromatic N) is 2. The van der Waals surface area contributed by atoms with Crippen molar-refractivity contribution in [3.05, 3.63) is 30.3 Å². The van der Waals surface area contributed by atoms with Gasteiger partial charge in [-0.05, 0) is 12.1 Å². The Balaban J connectivity index is 2.15. The summed E-state index contributed by atoms with van der Waals surface area (Å²) in [4.78, 5) is 0. The molecule has 1 N–H and O–H groups in total. The van der Waals surface area contributed by atoms with Gasteiger partial charge in [-0.25, -0.2) is 0 Å². The number of nitrogens with one attached hydrogen (secondary N) is 1. The summed E-state index contributed by atoms with van der Waals surface area (Å²) in [5.41, 5.74) is 0.946. The van der Waals surface area contributed by atoms with Crippen molar-refractivity contribution in [3.63, 3.8) is 0 Å². The number of aromatic nitrogens is 2. The van der Waals surface area contributed by atoms with Gasteiger partial charge >= 0.3 is 0 Å². The van der Waals surface area contributed by atoms with E-state index in [2.05, 4.69) is 15.5 Å². The molecule has 0 aliphatic carbocycles. The van der Waals surface area contributed by atoms with Crippen molar-refractivity contribution in [2.45, 2.75) is 4.34 Å². The lowest BCUT2D eigenvalue weighted by molar-refractivity contribution is 0.685. The summed E-state index contributed by atoms with van der Waals surface area (Å²) < 4.78 is 11.6. The number of rotatable bonds is 3. The molecule has 78 valence electrons. The zero-order valence-corrected chi connectivity index (χ0v) is 9.64. The van der Waals surface area contributed by atoms with E-state index in [1.54, 1.807) is 6.26 Å². The third-order valence-electron chi connectivity index (χ3n) is 1.68. The fraction of sp³-hybridized carbons (Fsp3) is 0.111. The van der Waals surface area contributed by atoms with Gasteiger partial charge in [0, 0.05) is 11.9 Å². The molecule has 0 aliphatic rings. The first-order valence-electron chi connectivity index (χ1n) is 4.25. The van der Waals surface area contributed by atoms with Gasteiger partial charge in [0.1, 0.15) is 0 Å². The Hall–Kier alpha value is -1.27.